The lowest BCUT2D eigenvalue weighted by Gasteiger charge is -2.03. The summed E-state index contributed by atoms with van der Waals surface area (Å²) in [6.45, 7) is 2.59. The SMILES string of the molecule is [2H]c1cc(F)c(F)c(OC(=O)C(=C)F)c1[2H]. The molecule has 0 spiro atoms. The number of carbonyl (C=O) groups excluding carboxylic acids is 1. The molecule has 0 aliphatic rings. The molecule has 0 radical (unpaired) electrons. The minimum Gasteiger partial charge on any atom is -0.418 e. The van der Waals surface area contributed by atoms with E-state index in [1.807, 2.05) is 0 Å². The van der Waals surface area contributed by atoms with Gasteiger partial charge in [0.25, 0.3) is 0 Å². The van der Waals surface area contributed by atoms with Gasteiger partial charge in [0, 0.05) is 0 Å². The molecule has 0 fully saturated rings. The molecule has 2 nitrogen and oxygen atoms in total. The van der Waals surface area contributed by atoms with Gasteiger partial charge in [-0.2, -0.15) is 8.78 Å². The van der Waals surface area contributed by atoms with Gasteiger partial charge in [0.2, 0.25) is 11.6 Å². The van der Waals surface area contributed by atoms with Crippen LogP contribution < -0.4 is 4.74 Å². The van der Waals surface area contributed by atoms with Gasteiger partial charge in [-0.15, -0.1) is 0 Å². The van der Waals surface area contributed by atoms with Crippen molar-refractivity contribution in [2.24, 2.45) is 0 Å². The van der Waals surface area contributed by atoms with Crippen molar-refractivity contribution in [2.75, 3.05) is 0 Å². The first-order valence-corrected chi connectivity index (χ1v) is 3.36. The Hall–Kier alpha value is -1.78. The summed E-state index contributed by atoms with van der Waals surface area (Å²) < 4.78 is 56.4. The van der Waals surface area contributed by atoms with Gasteiger partial charge in [-0.25, -0.2) is 9.18 Å². The van der Waals surface area contributed by atoms with Gasteiger partial charge in [-0.1, -0.05) is 12.6 Å². The van der Waals surface area contributed by atoms with Crippen LogP contribution in [0.25, 0.3) is 0 Å². The van der Waals surface area contributed by atoms with Crippen molar-refractivity contribution in [3.05, 3.63) is 42.2 Å². The summed E-state index contributed by atoms with van der Waals surface area (Å²) in [6, 6.07) is -1.10. The molecule has 0 aromatic heterocycles. The van der Waals surface area contributed by atoms with E-state index in [0.717, 1.165) is 0 Å². The molecule has 1 rings (SSSR count). The summed E-state index contributed by atoms with van der Waals surface area (Å²) in [5, 5.41) is 0. The summed E-state index contributed by atoms with van der Waals surface area (Å²) in [5.41, 5.74) is 0. The van der Waals surface area contributed by atoms with E-state index in [4.69, 9.17) is 2.74 Å². The third kappa shape index (κ3) is 2.12. The van der Waals surface area contributed by atoms with Crippen LogP contribution in [0.15, 0.2) is 30.6 Å². The second kappa shape index (κ2) is 3.95. The molecule has 1 aromatic carbocycles. The summed E-state index contributed by atoms with van der Waals surface area (Å²) in [7, 11) is 0. The molecule has 1 aromatic rings. The fourth-order valence-corrected chi connectivity index (χ4v) is 0.610. The Bertz CT molecular complexity index is 448. The first-order chi connectivity index (χ1) is 7.34. The maximum absolute atomic E-state index is 13.1. The topological polar surface area (TPSA) is 26.3 Å². The van der Waals surface area contributed by atoms with E-state index in [0.29, 0.717) is 6.07 Å². The Morgan fingerprint density at radius 1 is 1.57 bits per heavy atom. The standard InChI is InChI=1S/C9H5F3O2/c1-5(10)9(13)14-7-4-2-3-6(11)8(7)12/h2-4H,1H2/i2D,4D. The number of benzene rings is 1. The molecule has 0 heterocycles. The molecule has 5 heteroatoms. The number of carbonyl (C=O) groups is 1. The largest absolute Gasteiger partial charge is 0.418 e. The lowest BCUT2D eigenvalue weighted by atomic mass is 10.3. The van der Waals surface area contributed by atoms with E-state index in [2.05, 4.69) is 11.3 Å². The van der Waals surface area contributed by atoms with Crippen LogP contribution in [0, 0.1) is 11.6 Å². The second-order valence-corrected chi connectivity index (χ2v) is 2.20. The van der Waals surface area contributed by atoms with E-state index in [1.54, 1.807) is 0 Å². The van der Waals surface area contributed by atoms with Crippen LogP contribution in [0.1, 0.15) is 2.74 Å². The Kier molecular flexibility index (Phi) is 2.15. The highest BCUT2D eigenvalue weighted by atomic mass is 19.2. The summed E-state index contributed by atoms with van der Waals surface area (Å²) in [6.07, 6.45) is 0. The number of rotatable bonds is 2. The fraction of sp³-hybridized carbons (Fsp3) is 0. The number of hydrogen-bond acceptors (Lipinski definition) is 2. The maximum Gasteiger partial charge on any atom is 0.372 e. The number of halogens is 3. The Labute approximate surface area is 80.4 Å². The molecule has 14 heavy (non-hydrogen) atoms. The van der Waals surface area contributed by atoms with E-state index in [-0.39, 0.29) is 0 Å². The first kappa shape index (κ1) is 7.61. The third-order valence-electron chi connectivity index (χ3n) is 1.21. The van der Waals surface area contributed by atoms with Gasteiger partial charge in [-0.05, 0) is 12.1 Å². The van der Waals surface area contributed by atoms with E-state index >= 15 is 0 Å². The number of esters is 1. The van der Waals surface area contributed by atoms with Crippen molar-refractivity contribution < 1.29 is 25.4 Å². The molecule has 74 valence electrons. The molecule has 0 aliphatic carbocycles. The van der Waals surface area contributed by atoms with Crippen LogP contribution >= 0.6 is 0 Å². The zero-order chi connectivity index (χ0) is 12.5. The van der Waals surface area contributed by atoms with Crippen molar-refractivity contribution >= 4 is 5.97 Å². The third-order valence-corrected chi connectivity index (χ3v) is 1.21. The average molecular weight is 204 g/mol. The van der Waals surface area contributed by atoms with Gasteiger partial charge in [0.05, 0.1) is 2.74 Å². The van der Waals surface area contributed by atoms with Gasteiger partial charge >= 0.3 is 5.97 Å². The van der Waals surface area contributed by atoms with Gasteiger partial charge in [-0.3, -0.25) is 0 Å². The van der Waals surface area contributed by atoms with E-state index < -0.39 is 41.3 Å². The highest BCUT2D eigenvalue weighted by Gasteiger charge is 2.14. The monoisotopic (exact) mass is 204 g/mol. The van der Waals surface area contributed by atoms with Crippen LogP contribution in [0.5, 0.6) is 5.75 Å². The molecule has 0 N–H and O–H groups in total. The molecule has 0 atom stereocenters. The molecule has 0 unspecified atom stereocenters. The predicted molar refractivity (Wildman–Crippen MR) is 42.2 cm³/mol. The van der Waals surface area contributed by atoms with Gasteiger partial charge in [0.1, 0.15) is 0 Å². The molecule has 0 saturated heterocycles. The van der Waals surface area contributed by atoms with Gasteiger partial charge in [0.15, 0.2) is 11.6 Å². The Morgan fingerprint density at radius 3 is 2.79 bits per heavy atom. The smallest absolute Gasteiger partial charge is 0.372 e. The quantitative estimate of drug-likeness (QED) is 0.420. The molecule has 0 amide bonds. The zero-order valence-corrected chi connectivity index (χ0v) is 6.73. The van der Waals surface area contributed by atoms with Crippen molar-refractivity contribution in [2.45, 2.75) is 0 Å². The predicted octanol–water partition coefficient (Wildman–Crippen LogP) is 2.35. The van der Waals surface area contributed by atoms with Crippen LogP contribution in [-0.2, 0) is 4.79 Å². The van der Waals surface area contributed by atoms with E-state index in [1.165, 1.54) is 0 Å². The fourth-order valence-electron chi connectivity index (χ4n) is 0.610. The summed E-state index contributed by atoms with van der Waals surface area (Å²) in [4.78, 5) is 10.7. The first-order valence-electron chi connectivity index (χ1n) is 4.36. The second-order valence-electron chi connectivity index (χ2n) is 2.20. The lowest BCUT2D eigenvalue weighted by molar-refractivity contribution is -0.131. The van der Waals surface area contributed by atoms with E-state index in [9.17, 15) is 18.0 Å². The van der Waals surface area contributed by atoms with Crippen molar-refractivity contribution in [3.8, 4) is 5.75 Å². The van der Waals surface area contributed by atoms with Crippen molar-refractivity contribution in [1.29, 1.82) is 0 Å². The minimum absolute atomic E-state index is 0.444. The maximum atomic E-state index is 13.1. The van der Waals surface area contributed by atoms with Crippen molar-refractivity contribution in [3.63, 3.8) is 0 Å². The molecule has 0 bridgehead atoms. The number of ether oxygens (including phenoxy) is 1. The van der Waals surface area contributed by atoms with Crippen LogP contribution in [0.2, 0.25) is 0 Å². The minimum atomic E-state index is -1.64. The van der Waals surface area contributed by atoms with Gasteiger partial charge < -0.3 is 4.74 Å². The van der Waals surface area contributed by atoms with Crippen LogP contribution in [-0.4, -0.2) is 5.97 Å². The highest BCUT2D eigenvalue weighted by molar-refractivity contribution is 5.87. The molecule has 0 aliphatic heterocycles. The summed E-state index contributed by atoms with van der Waals surface area (Å²) >= 11 is 0. The molecule has 0 saturated carbocycles. The van der Waals surface area contributed by atoms with Crippen LogP contribution in [0.4, 0.5) is 13.2 Å². The number of hydrogen-bond donors (Lipinski definition) is 0. The Morgan fingerprint density at radius 2 is 2.21 bits per heavy atom. The normalized spacial score (nSPS) is 11.6. The molecular weight excluding hydrogens is 197 g/mol. The zero-order valence-electron chi connectivity index (χ0n) is 8.73. The molecular formula is C9H5F3O2. The highest BCUT2D eigenvalue weighted by Crippen LogP contribution is 2.19. The van der Waals surface area contributed by atoms with Crippen LogP contribution in [0.3, 0.4) is 0 Å². The Balaban J connectivity index is 3.22. The average Bonchev–Trinajstić information content (AvgIpc) is 2.21. The van der Waals surface area contributed by atoms with Crippen molar-refractivity contribution in [1.82, 2.24) is 0 Å². The lowest BCUT2D eigenvalue weighted by Crippen LogP contribution is -2.09. The summed E-state index contributed by atoms with van der Waals surface area (Å²) in [5.74, 6) is -7.38.